The maximum atomic E-state index is 14.6. The van der Waals surface area contributed by atoms with Gasteiger partial charge in [-0.2, -0.15) is 13.2 Å². The number of halogens is 5. The molecule has 5 nitrogen and oxygen atoms in total. The van der Waals surface area contributed by atoms with E-state index < -0.39 is 29.1 Å². The van der Waals surface area contributed by atoms with Crippen LogP contribution in [0.4, 0.5) is 28.0 Å². The summed E-state index contributed by atoms with van der Waals surface area (Å²) in [5, 5.41) is 5.66. The van der Waals surface area contributed by atoms with E-state index >= 15 is 0 Å². The van der Waals surface area contributed by atoms with Crippen LogP contribution < -0.4 is 10.6 Å². The number of nitrogens with zero attached hydrogens (tertiary/aromatic N) is 2. The van der Waals surface area contributed by atoms with E-state index in [1.807, 2.05) is 0 Å². The molecule has 0 aliphatic rings. The Kier molecular flexibility index (Phi) is 7.21. The smallest absolute Gasteiger partial charge is 0.322 e. The highest BCUT2D eigenvalue weighted by Crippen LogP contribution is 2.38. The molecule has 2 amide bonds. The lowest BCUT2D eigenvalue weighted by molar-refractivity contribution is -0.137. The van der Waals surface area contributed by atoms with Gasteiger partial charge in [0.25, 0.3) is 0 Å². The van der Waals surface area contributed by atoms with Crippen LogP contribution in [0.25, 0.3) is 0 Å². The Hall–Kier alpha value is -3.98. The first-order chi connectivity index (χ1) is 17.2. The SMILES string of the molecule is O=C(Nc1cccnc1)N[C@](Cc1ccccc1)(c1cc(F)cc(C(F)(F)F)c1)c1ccc(Cl)cn1. The summed E-state index contributed by atoms with van der Waals surface area (Å²) in [5.74, 6) is -1.11. The van der Waals surface area contributed by atoms with Crippen LogP contribution in [0.5, 0.6) is 0 Å². The fraction of sp³-hybridized carbons (Fsp3) is 0.115. The maximum absolute atomic E-state index is 14.6. The average molecular weight is 515 g/mol. The van der Waals surface area contributed by atoms with E-state index in [0.717, 1.165) is 12.1 Å². The topological polar surface area (TPSA) is 66.9 Å². The Morgan fingerprint density at radius 1 is 0.917 bits per heavy atom. The Bertz CT molecular complexity index is 1340. The Morgan fingerprint density at radius 3 is 2.31 bits per heavy atom. The highest BCUT2D eigenvalue weighted by atomic mass is 35.5. The molecule has 36 heavy (non-hydrogen) atoms. The Morgan fingerprint density at radius 2 is 1.67 bits per heavy atom. The van der Waals surface area contributed by atoms with Crippen LogP contribution in [0.2, 0.25) is 5.02 Å². The summed E-state index contributed by atoms with van der Waals surface area (Å²) in [6, 6.07) is 16.4. The minimum Gasteiger partial charge on any atom is -0.322 e. The van der Waals surface area contributed by atoms with Gasteiger partial charge >= 0.3 is 12.2 Å². The van der Waals surface area contributed by atoms with Crippen molar-refractivity contribution in [1.29, 1.82) is 0 Å². The van der Waals surface area contributed by atoms with Crippen LogP contribution >= 0.6 is 11.6 Å². The quantitative estimate of drug-likeness (QED) is 0.285. The van der Waals surface area contributed by atoms with E-state index in [9.17, 15) is 22.4 Å². The normalized spacial score (nSPS) is 13.0. The monoisotopic (exact) mass is 514 g/mol. The molecule has 0 saturated heterocycles. The van der Waals surface area contributed by atoms with Crippen molar-refractivity contribution in [2.24, 2.45) is 0 Å². The molecule has 0 spiro atoms. The Labute approximate surface area is 209 Å². The summed E-state index contributed by atoms with van der Waals surface area (Å²) in [4.78, 5) is 21.4. The minimum absolute atomic E-state index is 0.0380. The number of urea groups is 1. The van der Waals surface area contributed by atoms with Crippen LogP contribution in [0.1, 0.15) is 22.4 Å². The highest BCUT2D eigenvalue weighted by Gasteiger charge is 2.41. The molecule has 1 atom stereocenters. The zero-order chi connectivity index (χ0) is 25.8. The third-order valence-corrected chi connectivity index (χ3v) is 5.66. The first kappa shape index (κ1) is 25.1. The van der Waals surface area contributed by atoms with Gasteiger partial charge in [-0.25, -0.2) is 9.18 Å². The number of carbonyl (C=O) groups is 1. The maximum Gasteiger partial charge on any atom is 0.416 e. The highest BCUT2D eigenvalue weighted by molar-refractivity contribution is 6.30. The molecule has 10 heteroatoms. The van der Waals surface area contributed by atoms with Crippen LogP contribution in [0, 0.1) is 5.82 Å². The number of hydrogen-bond donors (Lipinski definition) is 2. The molecule has 184 valence electrons. The van der Waals surface area contributed by atoms with Crippen LogP contribution in [-0.2, 0) is 18.1 Å². The van der Waals surface area contributed by atoms with Gasteiger partial charge in [0, 0.05) is 18.8 Å². The molecular formula is C26H19ClF4N4O. The van der Waals surface area contributed by atoms with Gasteiger partial charge in [-0.3, -0.25) is 9.97 Å². The molecule has 0 bridgehead atoms. The summed E-state index contributed by atoms with van der Waals surface area (Å²) in [5.41, 5.74) is -1.87. The van der Waals surface area contributed by atoms with Crippen molar-refractivity contribution in [1.82, 2.24) is 15.3 Å². The molecule has 0 aliphatic heterocycles. The van der Waals surface area contributed by atoms with E-state index in [1.165, 1.54) is 30.7 Å². The summed E-state index contributed by atoms with van der Waals surface area (Å²) in [7, 11) is 0. The van der Waals surface area contributed by atoms with Crippen molar-refractivity contribution in [3.63, 3.8) is 0 Å². The second-order valence-electron chi connectivity index (χ2n) is 7.98. The number of alkyl halides is 3. The molecule has 2 aromatic heterocycles. The third kappa shape index (κ3) is 5.80. The predicted octanol–water partition coefficient (Wildman–Crippen LogP) is 6.60. The molecule has 0 unspecified atom stereocenters. The first-order valence-corrected chi connectivity index (χ1v) is 11.1. The molecule has 0 aliphatic carbocycles. The number of anilines is 1. The lowest BCUT2D eigenvalue weighted by Crippen LogP contribution is -2.50. The zero-order valence-corrected chi connectivity index (χ0v) is 19.3. The molecule has 2 N–H and O–H groups in total. The molecule has 2 heterocycles. The van der Waals surface area contributed by atoms with Gasteiger partial charge in [-0.1, -0.05) is 41.9 Å². The minimum atomic E-state index is -4.82. The second kappa shape index (κ2) is 10.3. The van der Waals surface area contributed by atoms with Gasteiger partial charge in [0.15, 0.2) is 0 Å². The number of rotatable bonds is 6. The number of benzene rings is 2. The summed E-state index contributed by atoms with van der Waals surface area (Å²) >= 11 is 6.01. The second-order valence-corrected chi connectivity index (χ2v) is 8.41. The Balaban J connectivity index is 1.91. The van der Waals surface area contributed by atoms with Crippen molar-refractivity contribution in [3.8, 4) is 0 Å². The largest absolute Gasteiger partial charge is 0.416 e. The predicted molar refractivity (Wildman–Crippen MR) is 128 cm³/mol. The lowest BCUT2D eigenvalue weighted by atomic mass is 9.79. The molecule has 4 aromatic rings. The van der Waals surface area contributed by atoms with Gasteiger partial charge in [-0.15, -0.1) is 0 Å². The fourth-order valence-corrected chi connectivity index (χ4v) is 3.96. The standard InChI is InChI=1S/C26H19ClF4N4O/c27-20-8-9-23(33-15-20)25(14-17-5-2-1-3-6-17,35-24(36)34-22-7-4-10-32-16-22)18-11-19(26(29,30)31)13-21(28)12-18/h1-13,15-16H,14H2,(H2,34,35,36)/t25-/m1/s1. The van der Waals surface area contributed by atoms with E-state index in [-0.39, 0.29) is 22.7 Å². The van der Waals surface area contributed by atoms with Crippen molar-refractivity contribution in [2.75, 3.05) is 5.32 Å². The van der Waals surface area contributed by atoms with Crippen molar-refractivity contribution >= 4 is 23.3 Å². The van der Waals surface area contributed by atoms with E-state index in [2.05, 4.69) is 20.6 Å². The van der Waals surface area contributed by atoms with Gasteiger partial charge in [0.1, 0.15) is 11.4 Å². The summed E-state index contributed by atoms with van der Waals surface area (Å²) in [6.45, 7) is 0. The molecule has 4 rings (SSSR count). The summed E-state index contributed by atoms with van der Waals surface area (Å²) < 4.78 is 55.6. The molecule has 0 saturated carbocycles. The molecular weight excluding hydrogens is 496 g/mol. The molecule has 0 radical (unpaired) electrons. The number of hydrogen-bond acceptors (Lipinski definition) is 3. The number of aromatic nitrogens is 2. The average Bonchev–Trinajstić information content (AvgIpc) is 2.84. The summed E-state index contributed by atoms with van der Waals surface area (Å²) in [6.07, 6.45) is -0.625. The molecule has 0 fully saturated rings. The van der Waals surface area contributed by atoms with Crippen LogP contribution in [-0.4, -0.2) is 16.0 Å². The van der Waals surface area contributed by atoms with Gasteiger partial charge in [0.05, 0.1) is 28.2 Å². The lowest BCUT2D eigenvalue weighted by Gasteiger charge is -2.36. The van der Waals surface area contributed by atoms with E-state index in [1.54, 1.807) is 42.5 Å². The van der Waals surface area contributed by atoms with E-state index in [4.69, 9.17) is 11.6 Å². The third-order valence-electron chi connectivity index (χ3n) is 5.44. The van der Waals surface area contributed by atoms with Crippen molar-refractivity contribution < 1.29 is 22.4 Å². The van der Waals surface area contributed by atoms with E-state index in [0.29, 0.717) is 17.3 Å². The van der Waals surface area contributed by atoms with Crippen molar-refractivity contribution in [3.05, 3.63) is 125 Å². The van der Waals surface area contributed by atoms with Crippen LogP contribution in [0.3, 0.4) is 0 Å². The number of pyridine rings is 2. The number of nitrogens with one attached hydrogen (secondary N) is 2. The van der Waals surface area contributed by atoms with Gasteiger partial charge in [0.2, 0.25) is 0 Å². The van der Waals surface area contributed by atoms with Gasteiger partial charge in [-0.05, 0) is 53.6 Å². The van der Waals surface area contributed by atoms with Gasteiger partial charge < -0.3 is 10.6 Å². The number of amides is 2. The zero-order valence-electron chi connectivity index (χ0n) is 18.6. The van der Waals surface area contributed by atoms with Crippen LogP contribution in [0.15, 0.2) is 91.4 Å². The number of carbonyl (C=O) groups excluding carboxylic acids is 1. The fourth-order valence-electron chi connectivity index (χ4n) is 3.84. The van der Waals surface area contributed by atoms with Crippen molar-refractivity contribution in [2.45, 2.75) is 18.1 Å². The molecule has 2 aromatic carbocycles. The first-order valence-electron chi connectivity index (χ1n) is 10.7.